The van der Waals surface area contributed by atoms with Crippen LogP contribution in [0.25, 0.3) is 0 Å². The number of aliphatic hydroxyl groups is 2. The summed E-state index contributed by atoms with van der Waals surface area (Å²) in [4.78, 5) is 16.2. The first-order chi connectivity index (χ1) is 16.5. The summed E-state index contributed by atoms with van der Waals surface area (Å²) >= 11 is 0. The highest BCUT2D eigenvalue weighted by atomic mass is 16.3. The van der Waals surface area contributed by atoms with Crippen LogP contribution in [-0.4, -0.2) is 33.3 Å². The average Bonchev–Trinajstić information content (AvgIpc) is 3.32. The molecule has 0 saturated heterocycles. The molecule has 2 aliphatic carbocycles. The summed E-state index contributed by atoms with van der Waals surface area (Å²) in [6, 6.07) is 13.7. The van der Waals surface area contributed by atoms with Gasteiger partial charge in [0, 0.05) is 25.0 Å². The lowest BCUT2D eigenvalue weighted by Crippen LogP contribution is -2.18. The van der Waals surface area contributed by atoms with E-state index in [-0.39, 0.29) is 17.9 Å². The third-order valence-electron chi connectivity index (χ3n) is 7.12. The molecule has 4 rings (SSSR count). The normalized spacial score (nSPS) is 24.7. The molecule has 1 heterocycles. The zero-order valence-corrected chi connectivity index (χ0v) is 19.9. The van der Waals surface area contributed by atoms with Gasteiger partial charge in [0.05, 0.1) is 12.2 Å². The molecule has 5 nitrogen and oxygen atoms in total. The summed E-state index contributed by atoms with van der Waals surface area (Å²) in [7, 11) is 0. The second-order valence-electron chi connectivity index (χ2n) is 9.85. The third-order valence-corrected chi connectivity index (χ3v) is 7.12. The Kier molecular flexibility index (Phi) is 8.30. The molecule has 0 unspecified atom stereocenters. The number of rotatable bonds is 10. The van der Waals surface area contributed by atoms with E-state index in [4.69, 9.17) is 0 Å². The molecular weight excluding hydrogens is 424 g/mol. The van der Waals surface area contributed by atoms with Crippen molar-refractivity contribution in [1.29, 1.82) is 0 Å². The van der Waals surface area contributed by atoms with Gasteiger partial charge in [-0.1, -0.05) is 59.7 Å². The monoisotopic (exact) mass is 460 g/mol. The summed E-state index contributed by atoms with van der Waals surface area (Å²) in [5.41, 5.74) is 3.77. The van der Waals surface area contributed by atoms with Crippen LogP contribution in [0, 0.1) is 24.7 Å². The number of hydrogen-bond donors (Lipinski definition) is 3. The van der Waals surface area contributed by atoms with Gasteiger partial charge in [-0.3, -0.25) is 4.79 Å². The molecule has 1 aromatic carbocycles. The number of unbranched alkanes of at least 4 members (excludes halogenated alkanes) is 1. The highest BCUT2D eigenvalue weighted by molar-refractivity contribution is 5.89. The van der Waals surface area contributed by atoms with Crippen molar-refractivity contribution in [2.75, 3.05) is 5.32 Å². The molecule has 1 aromatic heterocycles. The molecule has 0 radical (unpaired) electrons. The summed E-state index contributed by atoms with van der Waals surface area (Å²) in [6.07, 6.45) is 12.8. The van der Waals surface area contributed by atoms with Crippen LogP contribution in [0.2, 0.25) is 0 Å². The van der Waals surface area contributed by atoms with Gasteiger partial charge in [-0.25, -0.2) is 4.98 Å². The van der Waals surface area contributed by atoms with Crippen molar-refractivity contribution in [3.63, 3.8) is 0 Å². The molecule has 0 aliphatic heterocycles. The largest absolute Gasteiger partial charge is 0.392 e. The maximum absolute atomic E-state index is 12.1. The van der Waals surface area contributed by atoms with Gasteiger partial charge in [-0.15, -0.1) is 0 Å². The predicted molar refractivity (Wildman–Crippen MR) is 135 cm³/mol. The van der Waals surface area contributed by atoms with Crippen LogP contribution in [0.15, 0.2) is 72.5 Å². The van der Waals surface area contributed by atoms with Crippen molar-refractivity contribution >= 4 is 11.7 Å². The van der Waals surface area contributed by atoms with Crippen LogP contribution < -0.4 is 5.32 Å². The molecular formula is C29H36N2O3. The lowest BCUT2D eigenvalue weighted by atomic mass is 9.88. The van der Waals surface area contributed by atoms with E-state index < -0.39 is 6.10 Å². The Morgan fingerprint density at radius 1 is 1.24 bits per heavy atom. The van der Waals surface area contributed by atoms with Crippen LogP contribution in [-0.2, 0) is 11.2 Å². The van der Waals surface area contributed by atoms with Crippen molar-refractivity contribution in [3.05, 3.63) is 83.6 Å². The topological polar surface area (TPSA) is 82.5 Å². The second-order valence-corrected chi connectivity index (χ2v) is 9.85. The first kappa shape index (κ1) is 24.4. The van der Waals surface area contributed by atoms with Crippen molar-refractivity contribution < 1.29 is 15.0 Å². The maximum atomic E-state index is 12.1. The quantitative estimate of drug-likeness (QED) is 0.345. The van der Waals surface area contributed by atoms with Crippen molar-refractivity contribution in [3.8, 4) is 0 Å². The van der Waals surface area contributed by atoms with Gasteiger partial charge in [0.2, 0.25) is 5.91 Å². The molecule has 180 valence electrons. The highest BCUT2D eigenvalue weighted by Crippen LogP contribution is 2.48. The smallest absolute Gasteiger partial charge is 0.225 e. The van der Waals surface area contributed by atoms with Crippen molar-refractivity contribution in [1.82, 2.24) is 4.98 Å². The van der Waals surface area contributed by atoms with Crippen LogP contribution in [0.1, 0.15) is 49.7 Å². The highest BCUT2D eigenvalue weighted by Gasteiger charge is 2.43. The summed E-state index contributed by atoms with van der Waals surface area (Å²) in [5.74, 6) is 1.53. The van der Waals surface area contributed by atoms with Gasteiger partial charge in [-0.2, -0.15) is 0 Å². The van der Waals surface area contributed by atoms with E-state index in [1.165, 1.54) is 11.1 Å². The molecule has 5 heteroatoms. The van der Waals surface area contributed by atoms with E-state index in [1.54, 1.807) is 12.3 Å². The lowest BCUT2D eigenvalue weighted by Gasteiger charge is -2.19. The number of amides is 1. The summed E-state index contributed by atoms with van der Waals surface area (Å²) in [6.45, 7) is 2.06. The van der Waals surface area contributed by atoms with Gasteiger partial charge in [-0.05, 0) is 68.6 Å². The number of nitrogens with one attached hydrogen (secondary N) is 1. The van der Waals surface area contributed by atoms with E-state index in [0.717, 1.165) is 37.7 Å². The molecule has 3 N–H and O–H groups in total. The zero-order valence-electron chi connectivity index (χ0n) is 19.9. The molecule has 0 spiro atoms. The summed E-state index contributed by atoms with van der Waals surface area (Å²) < 4.78 is 0. The fourth-order valence-corrected chi connectivity index (χ4v) is 5.48. The van der Waals surface area contributed by atoms with E-state index in [1.807, 2.05) is 30.3 Å². The Bertz CT molecular complexity index is 1020. The number of aliphatic hydroxyl groups excluding tert-OH is 2. The Balaban J connectivity index is 1.20. The van der Waals surface area contributed by atoms with Gasteiger partial charge >= 0.3 is 0 Å². The standard InChI is InChI=1S/C29H36N2O3/c1-20-7-6-9-21(15-20)17-24(32)12-13-25-26-18-22(16-23(26)19-27(25)33)8-2-3-11-29(34)31-28-10-4-5-14-30-28/h4-7,9-10,12-16,23-27,32-33H,2-3,8,11,17-19H2,1H3,(H,30,31,34)/b13-12+/t23-,24-,25+,26-,27+/m0/s1. The Morgan fingerprint density at radius 3 is 2.91 bits per heavy atom. The van der Waals surface area contributed by atoms with Gasteiger partial charge in [0.1, 0.15) is 5.82 Å². The van der Waals surface area contributed by atoms with Crippen molar-refractivity contribution in [2.24, 2.45) is 17.8 Å². The Morgan fingerprint density at radius 2 is 2.12 bits per heavy atom. The van der Waals surface area contributed by atoms with Crippen LogP contribution in [0.4, 0.5) is 5.82 Å². The van der Waals surface area contributed by atoms with Gasteiger partial charge in [0.25, 0.3) is 0 Å². The Labute approximate surface area is 202 Å². The fraction of sp³-hybridized carbons (Fsp3) is 0.448. The lowest BCUT2D eigenvalue weighted by molar-refractivity contribution is -0.116. The predicted octanol–water partition coefficient (Wildman–Crippen LogP) is 4.99. The number of nitrogens with zero attached hydrogens (tertiary/aromatic N) is 1. The number of carbonyl (C=O) groups excluding carboxylic acids is 1. The zero-order chi connectivity index (χ0) is 23.9. The van der Waals surface area contributed by atoms with E-state index >= 15 is 0 Å². The molecule has 1 amide bonds. The van der Waals surface area contributed by atoms with Crippen molar-refractivity contribution in [2.45, 2.75) is 64.1 Å². The number of anilines is 1. The number of benzene rings is 1. The number of carbonyl (C=O) groups is 1. The third kappa shape index (κ3) is 6.64. The number of aryl methyl sites for hydroxylation is 1. The molecule has 5 atom stereocenters. The SMILES string of the molecule is Cc1cccc(C[C@@H](O)/C=C/[C@@H]2[C@H]3CC(CCCCC(=O)Nc4ccccn4)=C[C@H]3C[C@H]2O)c1. The number of pyridine rings is 1. The minimum Gasteiger partial charge on any atom is -0.392 e. The second kappa shape index (κ2) is 11.6. The molecule has 0 bridgehead atoms. The average molecular weight is 461 g/mol. The van der Waals surface area contributed by atoms with E-state index in [9.17, 15) is 15.0 Å². The van der Waals surface area contributed by atoms with E-state index in [2.05, 4.69) is 41.5 Å². The first-order valence-electron chi connectivity index (χ1n) is 12.5. The number of hydrogen-bond acceptors (Lipinski definition) is 4. The minimum absolute atomic E-state index is 0.00788. The number of aromatic nitrogens is 1. The molecule has 1 fully saturated rings. The van der Waals surface area contributed by atoms with E-state index in [0.29, 0.717) is 30.5 Å². The number of fused-ring (bicyclic) bond motifs is 1. The first-order valence-corrected chi connectivity index (χ1v) is 12.5. The van der Waals surface area contributed by atoms with Crippen LogP contribution in [0.5, 0.6) is 0 Å². The number of allylic oxidation sites excluding steroid dienone is 2. The van der Waals surface area contributed by atoms with Gasteiger partial charge in [0.15, 0.2) is 0 Å². The minimum atomic E-state index is -0.542. The fourth-order valence-electron chi connectivity index (χ4n) is 5.48. The Hall–Kier alpha value is -2.76. The molecule has 34 heavy (non-hydrogen) atoms. The summed E-state index contributed by atoms with van der Waals surface area (Å²) in [5, 5.41) is 23.9. The molecule has 1 saturated carbocycles. The molecule has 2 aliphatic rings. The van der Waals surface area contributed by atoms with Crippen LogP contribution in [0.3, 0.4) is 0 Å². The maximum Gasteiger partial charge on any atom is 0.225 e. The molecule has 2 aromatic rings. The van der Waals surface area contributed by atoms with Gasteiger partial charge < -0.3 is 15.5 Å². The van der Waals surface area contributed by atoms with Crippen LogP contribution >= 0.6 is 0 Å².